The van der Waals surface area contributed by atoms with Crippen molar-refractivity contribution in [2.75, 3.05) is 44.3 Å². The molecular weight excluding hydrogens is 356 g/mol. The first-order valence-corrected chi connectivity index (χ1v) is 9.55. The predicted molar refractivity (Wildman–Crippen MR) is 108 cm³/mol. The minimum Gasteiger partial charge on any atom is -0.399 e. The highest BCUT2D eigenvalue weighted by atomic mass is 16.6. The highest BCUT2D eigenvalue weighted by Crippen LogP contribution is 2.28. The molecule has 4 rings (SSSR count). The third-order valence-electron chi connectivity index (χ3n) is 5.08. The quantitative estimate of drug-likeness (QED) is 0.476. The number of nitrogens with two attached hydrogens (primary N) is 2. The number of urea groups is 1. The maximum absolute atomic E-state index is 12.8. The highest BCUT2D eigenvalue weighted by Gasteiger charge is 2.31. The number of carbonyl (C=O) groups is 1. The maximum Gasteiger partial charge on any atom is 0.317 e. The highest BCUT2D eigenvalue weighted by molar-refractivity contribution is 5.74. The third-order valence-corrected chi connectivity index (χ3v) is 5.08. The van der Waals surface area contributed by atoms with E-state index in [1.165, 1.54) is 0 Å². The van der Waals surface area contributed by atoms with E-state index in [0.717, 1.165) is 11.1 Å². The summed E-state index contributed by atoms with van der Waals surface area (Å²) in [6.45, 7) is 3.05. The van der Waals surface area contributed by atoms with Crippen LogP contribution >= 0.6 is 0 Å². The van der Waals surface area contributed by atoms with E-state index in [4.69, 9.17) is 20.9 Å². The van der Waals surface area contributed by atoms with E-state index < -0.39 is 0 Å². The molecule has 2 aliphatic rings. The molecule has 0 aliphatic carbocycles. The lowest BCUT2D eigenvalue weighted by Crippen LogP contribution is -2.45. The van der Waals surface area contributed by atoms with Crippen molar-refractivity contribution in [3.8, 4) is 0 Å². The van der Waals surface area contributed by atoms with Gasteiger partial charge >= 0.3 is 6.03 Å². The van der Waals surface area contributed by atoms with Crippen molar-refractivity contribution in [3.63, 3.8) is 0 Å². The first-order chi connectivity index (χ1) is 13.6. The number of nitrogens with zero attached hydrogens (tertiary/aromatic N) is 1. The zero-order chi connectivity index (χ0) is 19.5. The van der Waals surface area contributed by atoms with Gasteiger partial charge in [0.25, 0.3) is 0 Å². The van der Waals surface area contributed by atoms with Crippen LogP contribution in [-0.2, 0) is 9.47 Å². The Morgan fingerprint density at radius 3 is 1.93 bits per heavy atom. The maximum atomic E-state index is 12.8. The van der Waals surface area contributed by atoms with Gasteiger partial charge in [0.05, 0.1) is 32.0 Å². The largest absolute Gasteiger partial charge is 0.399 e. The van der Waals surface area contributed by atoms with Crippen LogP contribution in [0.25, 0.3) is 0 Å². The van der Waals surface area contributed by atoms with Gasteiger partial charge in [-0.1, -0.05) is 24.3 Å². The van der Waals surface area contributed by atoms with Crippen molar-refractivity contribution in [2.45, 2.75) is 18.1 Å². The Morgan fingerprint density at radius 2 is 1.46 bits per heavy atom. The van der Waals surface area contributed by atoms with Gasteiger partial charge in [0.15, 0.2) is 0 Å². The molecule has 2 aromatic carbocycles. The summed E-state index contributed by atoms with van der Waals surface area (Å²) >= 11 is 0. The van der Waals surface area contributed by atoms with E-state index in [1.54, 1.807) is 0 Å². The third kappa shape index (κ3) is 4.94. The fourth-order valence-corrected chi connectivity index (χ4v) is 3.24. The molecule has 5 N–H and O–H groups in total. The van der Waals surface area contributed by atoms with E-state index >= 15 is 0 Å². The summed E-state index contributed by atoms with van der Waals surface area (Å²) in [6, 6.07) is 15.5. The van der Waals surface area contributed by atoms with Gasteiger partial charge in [-0.2, -0.15) is 0 Å². The average Bonchev–Trinajstić information content (AvgIpc) is 3.60. The number of nitrogens with one attached hydrogen (secondary N) is 1. The molecule has 7 heteroatoms. The molecule has 0 saturated carbocycles. The number of rotatable bonds is 8. The van der Waals surface area contributed by atoms with Gasteiger partial charge in [-0.3, -0.25) is 0 Å². The lowest BCUT2D eigenvalue weighted by Gasteiger charge is -2.28. The molecule has 2 heterocycles. The lowest BCUT2D eigenvalue weighted by molar-refractivity contribution is 0.188. The van der Waals surface area contributed by atoms with Gasteiger partial charge < -0.3 is 31.2 Å². The standard InChI is InChI=1S/C21H26N4O3/c22-16-5-1-14(2-6-16)20(15-3-7-17(23)8-4-15)11-25(10-19-13-28-19)21(26)24-9-18-12-27-18/h1-8,18-20H,9-13,22-23H2,(H,24,26). The summed E-state index contributed by atoms with van der Waals surface area (Å²) in [5.41, 5.74) is 15.3. The molecule has 7 nitrogen and oxygen atoms in total. The molecule has 2 aromatic rings. The summed E-state index contributed by atoms with van der Waals surface area (Å²) in [5, 5.41) is 2.97. The summed E-state index contributed by atoms with van der Waals surface area (Å²) in [7, 11) is 0. The van der Waals surface area contributed by atoms with Crippen molar-refractivity contribution in [3.05, 3.63) is 59.7 Å². The second kappa shape index (κ2) is 8.08. The van der Waals surface area contributed by atoms with Gasteiger partial charge in [-0.15, -0.1) is 0 Å². The van der Waals surface area contributed by atoms with Gasteiger partial charge in [0.1, 0.15) is 0 Å². The molecule has 2 unspecified atom stereocenters. The van der Waals surface area contributed by atoms with Crippen LogP contribution < -0.4 is 16.8 Å². The minimum absolute atomic E-state index is 0.00266. The molecule has 0 aromatic heterocycles. The van der Waals surface area contributed by atoms with Crippen LogP contribution in [0.5, 0.6) is 0 Å². The minimum atomic E-state index is -0.0955. The van der Waals surface area contributed by atoms with E-state index in [2.05, 4.69) is 5.32 Å². The van der Waals surface area contributed by atoms with E-state index in [1.807, 2.05) is 53.4 Å². The average molecular weight is 382 g/mol. The number of ether oxygens (including phenoxy) is 2. The van der Waals surface area contributed by atoms with Gasteiger partial charge in [-0.05, 0) is 35.4 Å². The zero-order valence-electron chi connectivity index (χ0n) is 15.7. The SMILES string of the molecule is Nc1ccc(C(CN(CC2CO2)C(=O)NCC2CO2)c2ccc(N)cc2)cc1. The Labute approximate surface area is 164 Å². The molecular formula is C21H26N4O3. The predicted octanol–water partition coefficient (Wildman–Crippen LogP) is 1.79. The van der Waals surface area contributed by atoms with Crippen molar-refractivity contribution in [1.29, 1.82) is 0 Å². The Balaban J connectivity index is 1.56. The van der Waals surface area contributed by atoms with Crippen LogP contribution in [-0.4, -0.2) is 56.0 Å². The molecule has 2 atom stereocenters. The summed E-state index contributed by atoms with van der Waals surface area (Å²) in [6.07, 6.45) is 0.259. The topological polar surface area (TPSA) is 109 Å². The second-order valence-corrected chi connectivity index (χ2v) is 7.39. The Bertz CT molecular complexity index is 756. The number of nitrogen functional groups attached to an aromatic ring is 2. The summed E-state index contributed by atoms with van der Waals surface area (Å²) < 4.78 is 10.6. The van der Waals surface area contributed by atoms with Crippen molar-refractivity contribution in [2.24, 2.45) is 0 Å². The molecule has 2 amide bonds. The second-order valence-electron chi connectivity index (χ2n) is 7.39. The molecule has 2 saturated heterocycles. The fraction of sp³-hybridized carbons (Fsp3) is 0.381. The monoisotopic (exact) mass is 382 g/mol. The number of hydrogen-bond acceptors (Lipinski definition) is 5. The van der Waals surface area contributed by atoms with E-state index in [-0.39, 0.29) is 24.2 Å². The summed E-state index contributed by atoms with van der Waals surface area (Å²) in [4.78, 5) is 14.6. The Kier molecular flexibility index (Phi) is 5.36. The molecule has 148 valence electrons. The zero-order valence-corrected chi connectivity index (χ0v) is 15.7. The van der Waals surface area contributed by atoms with Crippen LogP contribution in [0.4, 0.5) is 16.2 Å². The molecule has 28 heavy (non-hydrogen) atoms. The number of epoxide rings is 2. The summed E-state index contributed by atoms with van der Waals surface area (Å²) in [5.74, 6) is 0.00266. The number of anilines is 2. The van der Waals surface area contributed by atoms with Crippen LogP contribution in [0, 0.1) is 0 Å². The first-order valence-electron chi connectivity index (χ1n) is 9.55. The molecule has 0 spiro atoms. The van der Waals surface area contributed by atoms with Crippen LogP contribution in [0.15, 0.2) is 48.5 Å². The number of hydrogen-bond donors (Lipinski definition) is 3. The Hall–Kier alpha value is -2.77. The normalized spacial score (nSPS) is 20.0. The lowest BCUT2D eigenvalue weighted by atomic mass is 9.90. The first kappa shape index (κ1) is 18.6. The van der Waals surface area contributed by atoms with Crippen molar-refractivity contribution in [1.82, 2.24) is 10.2 Å². The van der Waals surface area contributed by atoms with Crippen LogP contribution in [0.1, 0.15) is 17.0 Å². The number of carbonyl (C=O) groups excluding carboxylic acids is 1. The van der Waals surface area contributed by atoms with Gasteiger partial charge in [0, 0.05) is 30.4 Å². The fourth-order valence-electron chi connectivity index (χ4n) is 3.24. The molecule has 0 radical (unpaired) electrons. The molecule has 2 aliphatic heterocycles. The van der Waals surface area contributed by atoms with Crippen LogP contribution in [0.2, 0.25) is 0 Å². The van der Waals surface area contributed by atoms with Gasteiger partial charge in [0.2, 0.25) is 0 Å². The van der Waals surface area contributed by atoms with Crippen molar-refractivity contribution >= 4 is 17.4 Å². The van der Waals surface area contributed by atoms with Gasteiger partial charge in [-0.25, -0.2) is 4.79 Å². The smallest absolute Gasteiger partial charge is 0.317 e. The van der Waals surface area contributed by atoms with E-state index in [9.17, 15) is 4.79 Å². The number of amides is 2. The molecule has 2 fully saturated rings. The van der Waals surface area contributed by atoms with Crippen molar-refractivity contribution < 1.29 is 14.3 Å². The molecule has 0 bridgehead atoms. The Morgan fingerprint density at radius 1 is 0.964 bits per heavy atom. The van der Waals surface area contributed by atoms with Crippen LogP contribution in [0.3, 0.4) is 0 Å². The number of benzene rings is 2. The van der Waals surface area contributed by atoms with E-state index in [0.29, 0.717) is 44.2 Å².